The number of fused-ring (bicyclic) bond motifs is 1. The van der Waals surface area contributed by atoms with Crippen LogP contribution in [0.3, 0.4) is 0 Å². The summed E-state index contributed by atoms with van der Waals surface area (Å²) in [5, 5.41) is 8.05. The first-order chi connectivity index (χ1) is 24.0. The van der Waals surface area contributed by atoms with Gasteiger partial charge in [-0.25, -0.2) is 9.97 Å². The van der Waals surface area contributed by atoms with Gasteiger partial charge in [0.05, 0.1) is 47.4 Å². The summed E-state index contributed by atoms with van der Waals surface area (Å²) in [6.07, 6.45) is 7.90. The normalized spacial score (nSPS) is 14.1. The van der Waals surface area contributed by atoms with Crippen molar-refractivity contribution in [2.45, 2.75) is 45.3 Å². The third-order valence-electron chi connectivity index (χ3n) is 9.04. The van der Waals surface area contributed by atoms with Crippen LogP contribution in [-0.4, -0.2) is 59.5 Å². The average molecular weight is 677 g/mol. The number of Topliss-reactive ketones (excluding diaryl/α,β-unsaturated/α-hetero) is 1. The summed E-state index contributed by atoms with van der Waals surface area (Å²) in [7, 11) is 2.14. The summed E-state index contributed by atoms with van der Waals surface area (Å²) in [5.74, 6) is 6.06. The zero-order chi connectivity index (χ0) is 35.0. The van der Waals surface area contributed by atoms with Crippen molar-refractivity contribution in [1.29, 1.82) is 0 Å². The molecule has 9 nitrogen and oxygen atoms in total. The lowest BCUT2D eigenvalue weighted by atomic mass is 9.97. The van der Waals surface area contributed by atoms with Gasteiger partial charge >= 0.3 is 6.18 Å². The molecule has 0 atom stereocenters. The van der Waals surface area contributed by atoms with E-state index in [-0.39, 0.29) is 23.5 Å². The molecule has 0 bridgehead atoms. The minimum Gasteiger partial charge on any atom is -0.350 e. The maximum Gasteiger partial charge on any atom is 0.416 e. The van der Waals surface area contributed by atoms with Gasteiger partial charge in [-0.2, -0.15) is 18.3 Å². The summed E-state index contributed by atoms with van der Waals surface area (Å²) in [6.45, 7) is 5.76. The number of carbonyl (C=O) groups is 1. The molecular formula is C38H35F3N8O. The van der Waals surface area contributed by atoms with Crippen molar-refractivity contribution in [1.82, 2.24) is 33.6 Å². The standard InChI is InChI=1S/C38H35F3N8O/c1-25-6-7-29(36(50)17-27-15-30(38(39,40)41)19-34(16-27)47-22-26(2)43-24-47)18-28(25)8-9-33-21-42-37-35(5-4-12-48(33)37)45-31-20-44-49(23-31)32-10-13-46(3)14-11-32/h4-7,12,15-16,18-24,32,45H,10-11,13-14,17H2,1-3H3. The van der Waals surface area contributed by atoms with Crippen molar-refractivity contribution in [3.05, 3.63) is 125 Å². The van der Waals surface area contributed by atoms with Gasteiger partial charge in [0, 0.05) is 41.8 Å². The number of alkyl halides is 3. The summed E-state index contributed by atoms with van der Waals surface area (Å²) in [5.41, 5.74) is 5.30. The minimum atomic E-state index is -4.57. The third kappa shape index (κ3) is 7.04. The van der Waals surface area contributed by atoms with Gasteiger partial charge in [-0.3, -0.25) is 13.9 Å². The van der Waals surface area contributed by atoms with E-state index in [9.17, 15) is 18.0 Å². The Morgan fingerprint density at radius 1 is 1.00 bits per heavy atom. The van der Waals surface area contributed by atoms with Gasteiger partial charge in [0.15, 0.2) is 11.4 Å². The van der Waals surface area contributed by atoms with Crippen molar-refractivity contribution >= 4 is 22.8 Å². The predicted molar refractivity (Wildman–Crippen MR) is 185 cm³/mol. The molecule has 0 saturated carbocycles. The van der Waals surface area contributed by atoms with E-state index in [0.717, 1.165) is 55.0 Å². The van der Waals surface area contributed by atoms with Gasteiger partial charge in [-0.1, -0.05) is 18.1 Å². The van der Waals surface area contributed by atoms with Crippen LogP contribution < -0.4 is 5.32 Å². The van der Waals surface area contributed by atoms with Crippen LogP contribution in [0.5, 0.6) is 0 Å². The molecule has 2 aromatic carbocycles. The first-order valence-electron chi connectivity index (χ1n) is 16.3. The van der Waals surface area contributed by atoms with E-state index >= 15 is 0 Å². The van der Waals surface area contributed by atoms with E-state index < -0.39 is 11.7 Å². The number of ketones is 1. The number of rotatable bonds is 7. The van der Waals surface area contributed by atoms with E-state index in [1.165, 1.54) is 10.9 Å². The Kier molecular flexibility index (Phi) is 8.76. The number of nitrogens with one attached hydrogen (secondary N) is 1. The molecule has 0 spiro atoms. The van der Waals surface area contributed by atoms with E-state index in [2.05, 4.69) is 44.2 Å². The van der Waals surface area contributed by atoms with Crippen LogP contribution in [0.1, 0.15) is 62.9 Å². The number of halogens is 3. The maximum atomic E-state index is 13.8. The van der Waals surface area contributed by atoms with Crippen molar-refractivity contribution in [3.8, 4) is 17.5 Å². The molecule has 5 heterocycles. The number of anilines is 2. The zero-order valence-corrected chi connectivity index (χ0v) is 27.9. The van der Waals surface area contributed by atoms with Crippen molar-refractivity contribution in [2.75, 3.05) is 25.5 Å². The molecule has 12 heteroatoms. The summed E-state index contributed by atoms with van der Waals surface area (Å²) >= 11 is 0. The second-order valence-electron chi connectivity index (χ2n) is 12.8. The molecule has 1 fully saturated rings. The molecule has 0 aliphatic carbocycles. The van der Waals surface area contributed by atoms with E-state index in [1.807, 2.05) is 46.7 Å². The largest absolute Gasteiger partial charge is 0.416 e. The number of hydrogen-bond donors (Lipinski definition) is 1. The Labute approximate surface area is 287 Å². The van der Waals surface area contributed by atoms with Gasteiger partial charge in [0.25, 0.3) is 0 Å². The molecule has 254 valence electrons. The second kappa shape index (κ2) is 13.3. The molecule has 0 unspecified atom stereocenters. The Morgan fingerprint density at radius 2 is 1.82 bits per heavy atom. The lowest BCUT2D eigenvalue weighted by Gasteiger charge is -2.28. The van der Waals surface area contributed by atoms with Crippen molar-refractivity contribution in [2.24, 2.45) is 0 Å². The number of piperidine rings is 1. The van der Waals surface area contributed by atoms with E-state index in [4.69, 9.17) is 0 Å². The Bertz CT molecular complexity index is 2260. The fourth-order valence-electron chi connectivity index (χ4n) is 6.22. The van der Waals surface area contributed by atoms with E-state index in [1.54, 1.807) is 43.6 Å². The Balaban J connectivity index is 1.10. The number of nitrogens with zero attached hydrogens (tertiary/aromatic N) is 7. The maximum absolute atomic E-state index is 13.8. The van der Waals surface area contributed by atoms with Crippen LogP contribution >= 0.6 is 0 Å². The zero-order valence-electron chi connectivity index (χ0n) is 27.9. The molecule has 1 saturated heterocycles. The van der Waals surface area contributed by atoms with Crippen LogP contribution in [0.25, 0.3) is 11.3 Å². The summed E-state index contributed by atoms with van der Waals surface area (Å²) in [6, 6.07) is 13.1. The van der Waals surface area contributed by atoms with Gasteiger partial charge in [-0.05, 0) is 100 Å². The fraction of sp³-hybridized carbons (Fsp3) is 0.263. The molecule has 7 rings (SSSR count). The highest BCUT2D eigenvalue weighted by molar-refractivity contribution is 5.98. The van der Waals surface area contributed by atoms with Gasteiger partial charge in [0.1, 0.15) is 5.69 Å². The highest BCUT2D eigenvalue weighted by Crippen LogP contribution is 2.32. The lowest BCUT2D eigenvalue weighted by molar-refractivity contribution is -0.137. The molecule has 50 heavy (non-hydrogen) atoms. The SMILES string of the molecule is Cc1cn(-c2cc(CC(=O)c3ccc(C)c(C#Cc4cnc5c(Nc6cnn(C7CCN(C)CC7)c6)cccn45)c3)cc(C(F)(F)F)c2)cn1. The van der Waals surface area contributed by atoms with Crippen LogP contribution in [0.4, 0.5) is 24.5 Å². The number of likely N-dealkylation sites (tertiary alicyclic amines) is 1. The number of pyridine rings is 1. The second-order valence-corrected chi connectivity index (χ2v) is 12.8. The highest BCUT2D eigenvalue weighted by atomic mass is 19.4. The third-order valence-corrected chi connectivity index (χ3v) is 9.04. The van der Waals surface area contributed by atoms with Crippen LogP contribution in [0.2, 0.25) is 0 Å². The van der Waals surface area contributed by atoms with Crippen LogP contribution in [-0.2, 0) is 12.6 Å². The molecule has 1 N–H and O–H groups in total. The smallest absolute Gasteiger partial charge is 0.350 e. The number of imidazole rings is 2. The number of benzene rings is 2. The minimum absolute atomic E-state index is 0.208. The highest BCUT2D eigenvalue weighted by Gasteiger charge is 2.31. The predicted octanol–water partition coefficient (Wildman–Crippen LogP) is 7.19. The fourth-order valence-corrected chi connectivity index (χ4v) is 6.22. The molecule has 0 radical (unpaired) electrons. The first kappa shape index (κ1) is 32.9. The number of carbonyl (C=O) groups excluding carboxylic acids is 1. The molecule has 1 aliphatic rings. The van der Waals surface area contributed by atoms with Crippen LogP contribution in [0, 0.1) is 25.7 Å². The molecule has 4 aromatic heterocycles. The van der Waals surface area contributed by atoms with Gasteiger partial charge < -0.3 is 14.8 Å². The topological polar surface area (TPSA) is 85.3 Å². The lowest BCUT2D eigenvalue weighted by Crippen LogP contribution is -2.31. The van der Waals surface area contributed by atoms with Crippen LogP contribution in [0.15, 0.2) is 85.8 Å². The summed E-state index contributed by atoms with van der Waals surface area (Å²) in [4.78, 5) is 24.5. The van der Waals surface area contributed by atoms with E-state index in [0.29, 0.717) is 34.2 Å². The first-order valence-corrected chi connectivity index (χ1v) is 16.3. The van der Waals surface area contributed by atoms with Gasteiger partial charge in [0.2, 0.25) is 0 Å². The molecule has 0 amide bonds. The number of aromatic nitrogens is 6. The Morgan fingerprint density at radius 3 is 2.58 bits per heavy atom. The average Bonchev–Trinajstić information content (AvgIpc) is 3.85. The summed E-state index contributed by atoms with van der Waals surface area (Å²) < 4.78 is 46.8. The Hall–Kier alpha value is -5.67. The number of hydrogen-bond acceptors (Lipinski definition) is 6. The van der Waals surface area contributed by atoms with Crippen molar-refractivity contribution < 1.29 is 18.0 Å². The van der Waals surface area contributed by atoms with Crippen molar-refractivity contribution in [3.63, 3.8) is 0 Å². The number of aryl methyl sites for hydroxylation is 2. The molecule has 1 aliphatic heterocycles. The molecule has 6 aromatic rings. The molecular weight excluding hydrogens is 641 g/mol. The van der Waals surface area contributed by atoms with Gasteiger partial charge in [-0.15, -0.1) is 0 Å². The quantitative estimate of drug-likeness (QED) is 0.142. The monoisotopic (exact) mass is 676 g/mol.